The largest absolute Gasteiger partial charge is 0.336 e. The molecule has 148 valence electrons. The molecule has 0 atom stereocenters. The van der Waals surface area contributed by atoms with E-state index in [4.69, 9.17) is 4.98 Å². The van der Waals surface area contributed by atoms with Crippen molar-refractivity contribution in [2.45, 2.75) is 32.7 Å². The maximum Gasteiger partial charge on any atom is 0.254 e. The number of carbonyl (C=O) groups excluding carboxylic acids is 1. The molecule has 1 amide bonds. The number of amides is 1. The summed E-state index contributed by atoms with van der Waals surface area (Å²) in [4.78, 5) is 22.9. The van der Waals surface area contributed by atoms with E-state index in [2.05, 4.69) is 42.2 Å². The Morgan fingerprint density at radius 2 is 1.83 bits per heavy atom. The van der Waals surface area contributed by atoms with Crippen LogP contribution in [0.3, 0.4) is 0 Å². The van der Waals surface area contributed by atoms with Crippen LogP contribution in [-0.2, 0) is 19.4 Å². The molecule has 29 heavy (non-hydrogen) atoms. The third kappa shape index (κ3) is 3.53. The summed E-state index contributed by atoms with van der Waals surface area (Å²) in [6.07, 6.45) is 3.06. The Morgan fingerprint density at radius 3 is 2.66 bits per heavy atom. The Morgan fingerprint density at radius 1 is 1.00 bits per heavy atom. The molecule has 4 nitrogen and oxygen atoms in total. The summed E-state index contributed by atoms with van der Waals surface area (Å²) >= 11 is 0. The zero-order chi connectivity index (χ0) is 19.8. The first-order chi connectivity index (χ1) is 14.2. The number of rotatable bonds is 3. The van der Waals surface area contributed by atoms with E-state index in [0.717, 1.165) is 74.1 Å². The van der Waals surface area contributed by atoms with Crippen molar-refractivity contribution in [3.8, 4) is 0 Å². The molecular weight excluding hydrogens is 358 g/mol. The number of hydrogen-bond acceptors (Lipinski definition) is 3. The lowest BCUT2D eigenvalue weighted by Gasteiger charge is -2.35. The van der Waals surface area contributed by atoms with E-state index in [1.807, 2.05) is 23.1 Å². The molecule has 5 rings (SSSR count). The molecule has 0 bridgehead atoms. The summed E-state index contributed by atoms with van der Waals surface area (Å²) in [5.41, 5.74) is 6.84. The quantitative estimate of drug-likeness (QED) is 0.684. The minimum atomic E-state index is 0.192. The molecule has 1 aliphatic carbocycles. The minimum absolute atomic E-state index is 0.192. The molecule has 1 aromatic heterocycles. The molecule has 0 saturated carbocycles. The van der Waals surface area contributed by atoms with Gasteiger partial charge in [-0.3, -0.25) is 14.7 Å². The number of aromatic nitrogens is 1. The molecule has 1 fully saturated rings. The van der Waals surface area contributed by atoms with Crippen LogP contribution in [0.4, 0.5) is 0 Å². The lowest BCUT2D eigenvalue weighted by atomic mass is 9.99. The molecule has 1 saturated heterocycles. The van der Waals surface area contributed by atoms with Crippen molar-refractivity contribution in [3.63, 3.8) is 0 Å². The molecule has 0 spiro atoms. The Hall–Kier alpha value is -2.72. The number of hydrogen-bond donors (Lipinski definition) is 0. The molecule has 0 radical (unpaired) electrons. The molecule has 2 heterocycles. The van der Waals surface area contributed by atoms with Crippen LogP contribution in [0.2, 0.25) is 0 Å². The zero-order valence-electron chi connectivity index (χ0n) is 17.0. The van der Waals surface area contributed by atoms with Gasteiger partial charge in [-0.1, -0.05) is 48.0 Å². The first kappa shape index (κ1) is 18.3. The summed E-state index contributed by atoms with van der Waals surface area (Å²) < 4.78 is 0. The SMILES string of the molecule is Cc1cccc(CN2CCN(C(=O)c3c4c(nc5ccccc35)CCC4)CC2)c1. The van der Waals surface area contributed by atoms with Crippen LogP contribution >= 0.6 is 0 Å². The summed E-state index contributed by atoms with van der Waals surface area (Å²) in [6, 6.07) is 16.8. The first-order valence-electron chi connectivity index (χ1n) is 10.7. The lowest BCUT2D eigenvalue weighted by Crippen LogP contribution is -2.48. The molecule has 1 aliphatic heterocycles. The topological polar surface area (TPSA) is 36.4 Å². The maximum atomic E-state index is 13.6. The highest BCUT2D eigenvalue weighted by molar-refractivity contribution is 6.07. The number of pyridine rings is 1. The fraction of sp³-hybridized carbons (Fsp3) is 0.360. The monoisotopic (exact) mass is 385 g/mol. The predicted molar refractivity (Wildman–Crippen MR) is 116 cm³/mol. The maximum absolute atomic E-state index is 13.6. The number of para-hydroxylation sites is 1. The predicted octanol–water partition coefficient (Wildman–Crippen LogP) is 3.99. The first-order valence-corrected chi connectivity index (χ1v) is 10.7. The smallest absolute Gasteiger partial charge is 0.254 e. The molecule has 2 aliphatic rings. The van der Waals surface area contributed by atoms with Crippen LogP contribution < -0.4 is 0 Å². The van der Waals surface area contributed by atoms with Crippen LogP contribution in [0.1, 0.15) is 39.2 Å². The van der Waals surface area contributed by atoms with Crippen molar-refractivity contribution >= 4 is 16.8 Å². The van der Waals surface area contributed by atoms with Crippen molar-refractivity contribution in [1.29, 1.82) is 0 Å². The number of piperazine rings is 1. The fourth-order valence-electron chi connectivity index (χ4n) is 4.79. The normalized spacial score (nSPS) is 16.9. The van der Waals surface area contributed by atoms with Gasteiger partial charge >= 0.3 is 0 Å². The third-order valence-electron chi connectivity index (χ3n) is 6.28. The molecule has 0 unspecified atom stereocenters. The number of aryl methyl sites for hydroxylation is 2. The second-order valence-corrected chi connectivity index (χ2v) is 8.34. The molecule has 2 aromatic carbocycles. The van der Waals surface area contributed by atoms with Gasteiger partial charge in [-0.25, -0.2) is 0 Å². The van der Waals surface area contributed by atoms with Gasteiger partial charge in [0, 0.05) is 43.8 Å². The number of benzene rings is 2. The van der Waals surface area contributed by atoms with Crippen molar-refractivity contribution < 1.29 is 4.79 Å². The van der Waals surface area contributed by atoms with Crippen LogP contribution in [-0.4, -0.2) is 46.9 Å². The van der Waals surface area contributed by atoms with Crippen molar-refractivity contribution in [1.82, 2.24) is 14.8 Å². The highest BCUT2D eigenvalue weighted by atomic mass is 16.2. The van der Waals surface area contributed by atoms with Gasteiger partial charge in [-0.05, 0) is 43.4 Å². The average molecular weight is 386 g/mol. The standard InChI is InChI=1S/C25H27N3O/c1-18-6-4-7-19(16-18)17-27-12-14-28(15-13-27)25(29)24-20-8-2-3-10-22(20)26-23-11-5-9-21(23)24/h2-4,6-8,10,16H,5,9,11-15,17H2,1H3. The van der Waals surface area contributed by atoms with Crippen LogP contribution in [0, 0.1) is 6.92 Å². The molecular formula is C25H27N3O. The van der Waals surface area contributed by atoms with E-state index in [9.17, 15) is 4.79 Å². The summed E-state index contributed by atoms with van der Waals surface area (Å²) in [5, 5.41) is 1.01. The average Bonchev–Trinajstić information content (AvgIpc) is 3.20. The Kier molecular flexibility index (Phi) is 4.80. The minimum Gasteiger partial charge on any atom is -0.336 e. The van der Waals surface area contributed by atoms with Crippen molar-refractivity contribution in [2.75, 3.05) is 26.2 Å². The van der Waals surface area contributed by atoms with Gasteiger partial charge in [0.2, 0.25) is 0 Å². The number of fused-ring (bicyclic) bond motifs is 2. The van der Waals surface area contributed by atoms with Gasteiger partial charge < -0.3 is 4.90 Å². The Labute approximate surface area is 172 Å². The molecule has 0 N–H and O–H groups in total. The Balaban J connectivity index is 1.35. The molecule has 4 heteroatoms. The summed E-state index contributed by atoms with van der Waals surface area (Å²) in [5.74, 6) is 0.192. The van der Waals surface area contributed by atoms with Crippen LogP contribution in [0.15, 0.2) is 48.5 Å². The van der Waals surface area contributed by atoms with Gasteiger partial charge in [0.1, 0.15) is 0 Å². The second kappa shape index (κ2) is 7.60. The summed E-state index contributed by atoms with van der Waals surface area (Å²) in [6.45, 7) is 6.51. The van der Waals surface area contributed by atoms with E-state index in [1.165, 1.54) is 16.7 Å². The van der Waals surface area contributed by atoms with Gasteiger partial charge in [0.15, 0.2) is 0 Å². The highest BCUT2D eigenvalue weighted by Gasteiger charge is 2.28. The Bertz CT molecular complexity index is 1070. The van der Waals surface area contributed by atoms with E-state index in [1.54, 1.807) is 0 Å². The van der Waals surface area contributed by atoms with E-state index >= 15 is 0 Å². The number of carbonyl (C=O) groups is 1. The van der Waals surface area contributed by atoms with E-state index in [0.29, 0.717) is 0 Å². The fourth-order valence-corrected chi connectivity index (χ4v) is 4.79. The van der Waals surface area contributed by atoms with Gasteiger partial charge in [-0.15, -0.1) is 0 Å². The van der Waals surface area contributed by atoms with Crippen molar-refractivity contribution in [3.05, 3.63) is 76.5 Å². The zero-order valence-corrected chi connectivity index (χ0v) is 17.0. The summed E-state index contributed by atoms with van der Waals surface area (Å²) in [7, 11) is 0. The van der Waals surface area contributed by atoms with Crippen LogP contribution in [0.5, 0.6) is 0 Å². The number of nitrogens with zero attached hydrogens (tertiary/aromatic N) is 3. The van der Waals surface area contributed by atoms with Gasteiger partial charge in [-0.2, -0.15) is 0 Å². The van der Waals surface area contributed by atoms with Gasteiger partial charge in [0.25, 0.3) is 5.91 Å². The lowest BCUT2D eigenvalue weighted by molar-refractivity contribution is 0.0629. The van der Waals surface area contributed by atoms with E-state index in [-0.39, 0.29) is 5.91 Å². The molecule has 3 aromatic rings. The van der Waals surface area contributed by atoms with Gasteiger partial charge in [0.05, 0.1) is 11.1 Å². The highest BCUT2D eigenvalue weighted by Crippen LogP contribution is 2.31. The van der Waals surface area contributed by atoms with Crippen molar-refractivity contribution in [2.24, 2.45) is 0 Å². The van der Waals surface area contributed by atoms with Crippen LogP contribution in [0.25, 0.3) is 10.9 Å². The second-order valence-electron chi connectivity index (χ2n) is 8.34. The van der Waals surface area contributed by atoms with E-state index < -0.39 is 0 Å². The third-order valence-corrected chi connectivity index (χ3v) is 6.28.